The highest BCUT2D eigenvalue weighted by molar-refractivity contribution is 6.04. The van der Waals surface area contributed by atoms with Crippen LogP contribution in [0.25, 0.3) is 0 Å². The van der Waals surface area contributed by atoms with E-state index in [-0.39, 0.29) is 17.3 Å². The number of hydrogen-bond donors (Lipinski definition) is 1. The number of hydrogen-bond acceptors (Lipinski definition) is 3. The Morgan fingerprint density at radius 3 is 2.25 bits per heavy atom. The first-order valence-corrected chi connectivity index (χ1v) is 6.04. The van der Waals surface area contributed by atoms with E-state index in [1.165, 1.54) is 23.1 Å². The number of carbonyl (C=O) groups is 2. The van der Waals surface area contributed by atoms with Crippen molar-refractivity contribution in [2.24, 2.45) is 0 Å². The van der Waals surface area contributed by atoms with Gasteiger partial charge in [0.1, 0.15) is 11.4 Å². The van der Waals surface area contributed by atoms with E-state index in [4.69, 9.17) is 5.11 Å². The lowest BCUT2D eigenvalue weighted by molar-refractivity contribution is 0.0690. The van der Waals surface area contributed by atoms with Crippen molar-refractivity contribution in [2.45, 2.75) is 6.92 Å². The lowest BCUT2D eigenvalue weighted by Crippen LogP contribution is -2.27. The van der Waals surface area contributed by atoms with Crippen molar-refractivity contribution in [3.8, 4) is 0 Å². The van der Waals surface area contributed by atoms with Gasteiger partial charge < -0.3 is 10.0 Å². The van der Waals surface area contributed by atoms with Crippen LogP contribution in [0.15, 0.2) is 42.5 Å². The zero-order chi connectivity index (χ0) is 14.7. The molecule has 1 aromatic carbocycles. The maximum Gasteiger partial charge on any atom is 0.354 e. The van der Waals surface area contributed by atoms with E-state index in [9.17, 15) is 9.59 Å². The largest absolute Gasteiger partial charge is 0.477 e. The molecule has 0 fully saturated rings. The van der Waals surface area contributed by atoms with E-state index >= 15 is 0 Å². The van der Waals surface area contributed by atoms with E-state index in [2.05, 4.69) is 4.98 Å². The van der Waals surface area contributed by atoms with Gasteiger partial charge in [-0.15, -0.1) is 0 Å². The molecule has 20 heavy (non-hydrogen) atoms. The third-order valence-electron chi connectivity index (χ3n) is 2.91. The van der Waals surface area contributed by atoms with Crippen LogP contribution < -0.4 is 4.90 Å². The Hall–Kier alpha value is -2.69. The number of anilines is 1. The summed E-state index contributed by atoms with van der Waals surface area (Å²) in [5.41, 5.74) is 1.78. The van der Waals surface area contributed by atoms with Crippen LogP contribution in [0.1, 0.15) is 26.5 Å². The molecule has 0 spiro atoms. The smallest absolute Gasteiger partial charge is 0.354 e. The van der Waals surface area contributed by atoms with Crippen molar-refractivity contribution >= 4 is 17.6 Å². The summed E-state index contributed by atoms with van der Waals surface area (Å²) in [5, 5.41) is 8.89. The summed E-state index contributed by atoms with van der Waals surface area (Å²) in [6, 6.07) is 11.8. The Morgan fingerprint density at radius 2 is 1.65 bits per heavy atom. The van der Waals surface area contributed by atoms with Gasteiger partial charge in [-0.2, -0.15) is 0 Å². The van der Waals surface area contributed by atoms with Crippen LogP contribution in [0, 0.1) is 6.92 Å². The molecule has 0 unspecified atom stereocenters. The monoisotopic (exact) mass is 270 g/mol. The summed E-state index contributed by atoms with van der Waals surface area (Å²) in [7, 11) is 1.63. The first-order chi connectivity index (χ1) is 9.49. The topological polar surface area (TPSA) is 70.5 Å². The Labute approximate surface area is 116 Å². The standard InChI is InChI=1S/C15H14N2O3/c1-10-6-8-11(9-7-10)17(2)14(18)12-4-3-5-13(16-12)15(19)20/h3-9H,1-2H3,(H,19,20). The number of aromatic carboxylic acids is 1. The van der Waals surface area contributed by atoms with Gasteiger partial charge in [-0.05, 0) is 31.2 Å². The molecule has 1 heterocycles. The van der Waals surface area contributed by atoms with Crippen molar-refractivity contribution < 1.29 is 14.7 Å². The van der Waals surface area contributed by atoms with Crippen LogP contribution in [-0.4, -0.2) is 29.0 Å². The van der Waals surface area contributed by atoms with Gasteiger partial charge >= 0.3 is 5.97 Å². The second-order valence-electron chi connectivity index (χ2n) is 4.41. The summed E-state index contributed by atoms with van der Waals surface area (Å²) in [4.78, 5) is 28.4. The maximum atomic E-state index is 12.3. The van der Waals surface area contributed by atoms with Crippen LogP contribution >= 0.6 is 0 Å². The lowest BCUT2D eigenvalue weighted by atomic mass is 10.2. The Kier molecular flexibility index (Phi) is 3.79. The second-order valence-corrected chi connectivity index (χ2v) is 4.41. The number of carbonyl (C=O) groups excluding carboxylic acids is 1. The van der Waals surface area contributed by atoms with Gasteiger partial charge in [-0.1, -0.05) is 23.8 Å². The van der Waals surface area contributed by atoms with Crippen LogP contribution in [0.4, 0.5) is 5.69 Å². The van der Waals surface area contributed by atoms with Gasteiger partial charge in [0.2, 0.25) is 0 Å². The summed E-state index contributed by atoms with van der Waals surface area (Å²) in [6.07, 6.45) is 0. The predicted octanol–water partition coefficient (Wildman–Crippen LogP) is 2.36. The first-order valence-electron chi connectivity index (χ1n) is 6.04. The molecule has 0 aliphatic rings. The van der Waals surface area contributed by atoms with E-state index in [0.717, 1.165) is 11.3 Å². The molecule has 1 aromatic heterocycles. The number of rotatable bonds is 3. The molecule has 2 aromatic rings. The Morgan fingerprint density at radius 1 is 1.05 bits per heavy atom. The summed E-state index contributed by atoms with van der Waals surface area (Å²) >= 11 is 0. The minimum Gasteiger partial charge on any atom is -0.477 e. The molecule has 0 saturated carbocycles. The predicted molar refractivity (Wildman–Crippen MR) is 75.1 cm³/mol. The van der Waals surface area contributed by atoms with Crippen LogP contribution in [0.2, 0.25) is 0 Å². The van der Waals surface area contributed by atoms with E-state index in [1.54, 1.807) is 7.05 Å². The van der Waals surface area contributed by atoms with Crippen molar-refractivity contribution in [3.63, 3.8) is 0 Å². The van der Waals surface area contributed by atoms with Gasteiger partial charge in [0.25, 0.3) is 5.91 Å². The first kappa shape index (κ1) is 13.7. The van der Waals surface area contributed by atoms with Gasteiger partial charge in [-0.25, -0.2) is 9.78 Å². The average molecular weight is 270 g/mol. The molecule has 1 N–H and O–H groups in total. The maximum absolute atomic E-state index is 12.3. The number of carboxylic acid groups (broad SMARTS) is 1. The Bertz CT molecular complexity index is 650. The minimum absolute atomic E-state index is 0.105. The Balaban J connectivity index is 2.28. The van der Waals surface area contributed by atoms with Crippen molar-refractivity contribution in [1.29, 1.82) is 0 Å². The van der Waals surface area contributed by atoms with Crippen LogP contribution in [-0.2, 0) is 0 Å². The quantitative estimate of drug-likeness (QED) is 0.929. The van der Waals surface area contributed by atoms with Gasteiger partial charge in [0.05, 0.1) is 0 Å². The molecule has 2 rings (SSSR count). The molecule has 0 aliphatic carbocycles. The highest BCUT2D eigenvalue weighted by atomic mass is 16.4. The highest BCUT2D eigenvalue weighted by Crippen LogP contribution is 2.15. The number of aryl methyl sites for hydroxylation is 1. The van der Waals surface area contributed by atoms with E-state index in [1.807, 2.05) is 31.2 Å². The molecule has 0 bridgehead atoms. The highest BCUT2D eigenvalue weighted by Gasteiger charge is 2.16. The SMILES string of the molecule is Cc1ccc(N(C)C(=O)c2cccc(C(=O)O)n2)cc1. The number of nitrogens with zero attached hydrogens (tertiary/aromatic N) is 2. The summed E-state index contributed by atoms with van der Waals surface area (Å²) < 4.78 is 0. The minimum atomic E-state index is -1.15. The lowest BCUT2D eigenvalue weighted by Gasteiger charge is -2.17. The van der Waals surface area contributed by atoms with Gasteiger partial charge in [0.15, 0.2) is 0 Å². The third-order valence-corrected chi connectivity index (χ3v) is 2.91. The number of aromatic nitrogens is 1. The molecule has 5 heteroatoms. The molecule has 0 aliphatic heterocycles. The van der Waals surface area contributed by atoms with Crippen LogP contribution in [0.5, 0.6) is 0 Å². The van der Waals surface area contributed by atoms with Crippen molar-refractivity contribution in [2.75, 3.05) is 11.9 Å². The zero-order valence-electron chi connectivity index (χ0n) is 11.2. The second kappa shape index (κ2) is 5.52. The molecule has 0 radical (unpaired) electrons. The summed E-state index contributed by atoms with van der Waals surface area (Å²) in [6.45, 7) is 1.96. The fraction of sp³-hybridized carbons (Fsp3) is 0.133. The number of amides is 1. The number of pyridine rings is 1. The van der Waals surface area contributed by atoms with Crippen molar-refractivity contribution in [1.82, 2.24) is 4.98 Å². The van der Waals surface area contributed by atoms with Crippen LogP contribution in [0.3, 0.4) is 0 Å². The van der Waals surface area contributed by atoms with E-state index < -0.39 is 5.97 Å². The summed E-state index contributed by atoms with van der Waals surface area (Å²) in [5.74, 6) is -1.51. The zero-order valence-corrected chi connectivity index (χ0v) is 11.2. The fourth-order valence-electron chi connectivity index (χ4n) is 1.73. The number of carboxylic acids is 1. The molecular formula is C15H14N2O3. The van der Waals surface area contributed by atoms with E-state index in [0.29, 0.717) is 0 Å². The normalized spacial score (nSPS) is 10.1. The molecule has 0 atom stereocenters. The molecule has 102 valence electrons. The third kappa shape index (κ3) is 2.83. The number of benzene rings is 1. The molecule has 5 nitrogen and oxygen atoms in total. The van der Waals surface area contributed by atoms with Gasteiger partial charge in [-0.3, -0.25) is 4.79 Å². The fourth-order valence-corrected chi connectivity index (χ4v) is 1.73. The van der Waals surface area contributed by atoms with Gasteiger partial charge in [0, 0.05) is 12.7 Å². The van der Waals surface area contributed by atoms with Crippen molar-refractivity contribution in [3.05, 3.63) is 59.4 Å². The molecule has 1 amide bonds. The molecule has 0 saturated heterocycles. The average Bonchev–Trinajstić information content (AvgIpc) is 2.46. The molecular weight excluding hydrogens is 256 g/mol.